The Morgan fingerprint density at radius 3 is 2.40 bits per heavy atom. The highest BCUT2D eigenvalue weighted by Gasteiger charge is 2.34. The number of hydrogen-bond acceptors (Lipinski definition) is 2. The standard InChI is InChI=1S/C17H32N2O/c1-4-12-18-14-8-10-15(11-9-14)19(3)17(20)16-7-5-6-13(16)2/h13-16,18H,4-12H2,1-3H3. The van der Waals surface area contributed by atoms with Crippen molar-refractivity contribution in [2.45, 2.75) is 77.3 Å². The van der Waals surface area contributed by atoms with Gasteiger partial charge >= 0.3 is 0 Å². The van der Waals surface area contributed by atoms with E-state index in [2.05, 4.69) is 24.1 Å². The fourth-order valence-electron chi connectivity index (χ4n) is 3.97. The molecule has 0 aromatic carbocycles. The minimum Gasteiger partial charge on any atom is -0.343 e. The number of nitrogens with one attached hydrogen (secondary N) is 1. The fraction of sp³-hybridized carbons (Fsp3) is 0.941. The van der Waals surface area contributed by atoms with Crippen molar-refractivity contribution in [3.05, 3.63) is 0 Å². The van der Waals surface area contributed by atoms with Gasteiger partial charge in [-0.15, -0.1) is 0 Å². The van der Waals surface area contributed by atoms with E-state index in [4.69, 9.17) is 0 Å². The van der Waals surface area contributed by atoms with Crippen molar-refractivity contribution in [3.8, 4) is 0 Å². The SMILES string of the molecule is CCCNC1CCC(N(C)C(=O)C2CCCC2C)CC1. The molecule has 3 nitrogen and oxygen atoms in total. The Labute approximate surface area is 124 Å². The van der Waals surface area contributed by atoms with Crippen LogP contribution >= 0.6 is 0 Å². The van der Waals surface area contributed by atoms with Gasteiger partial charge in [0.2, 0.25) is 5.91 Å². The molecule has 2 unspecified atom stereocenters. The van der Waals surface area contributed by atoms with Gasteiger partial charge in [0.1, 0.15) is 0 Å². The third-order valence-electron chi connectivity index (χ3n) is 5.45. The van der Waals surface area contributed by atoms with Crippen LogP contribution in [0.5, 0.6) is 0 Å². The molecule has 0 aliphatic heterocycles. The summed E-state index contributed by atoms with van der Waals surface area (Å²) in [5.41, 5.74) is 0. The van der Waals surface area contributed by atoms with Crippen LogP contribution in [0, 0.1) is 11.8 Å². The van der Waals surface area contributed by atoms with Gasteiger partial charge in [-0.25, -0.2) is 0 Å². The lowest BCUT2D eigenvalue weighted by Crippen LogP contribution is -2.45. The molecule has 0 radical (unpaired) electrons. The first-order chi connectivity index (χ1) is 9.63. The Hall–Kier alpha value is -0.570. The number of nitrogens with zero attached hydrogens (tertiary/aromatic N) is 1. The van der Waals surface area contributed by atoms with Crippen molar-refractivity contribution in [1.29, 1.82) is 0 Å². The van der Waals surface area contributed by atoms with Gasteiger partial charge in [-0.3, -0.25) is 4.79 Å². The smallest absolute Gasteiger partial charge is 0.225 e. The van der Waals surface area contributed by atoms with Crippen molar-refractivity contribution >= 4 is 5.91 Å². The highest BCUT2D eigenvalue weighted by atomic mass is 16.2. The van der Waals surface area contributed by atoms with Gasteiger partial charge in [0.15, 0.2) is 0 Å². The lowest BCUT2D eigenvalue weighted by molar-refractivity contribution is -0.138. The van der Waals surface area contributed by atoms with Crippen LogP contribution in [0.15, 0.2) is 0 Å². The van der Waals surface area contributed by atoms with Crippen LogP contribution in [0.25, 0.3) is 0 Å². The zero-order chi connectivity index (χ0) is 14.5. The Balaban J connectivity index is 1.79. The first-order valence-electron chi connectivity index (χ1n) is 8.63. The third kappa shape index (κ3) is 3.75. The van der Waals surface area contributed by atoms with Crippen molar-refractivity contribution in [2.75, 3.05) is 13.6 Å². The highest BCUT2D eigenvalue weighted by Crippen LogP contribution is 2.34. The van der Waals surface area contributed by atoms with Crippen molar-refractivity contribution < 1.29 is 4.79 Å². The molecule has 2 aliphatic rings. The van der Waals surface area contributed by atoms with Crippen LogP contribution in [0.1, 0.15) is 65.2 Å². The fourth-order valence-corrected chi connectivity index (χ4v) is 3.97. The number of carbonyl (C=O) groups excluding carboxylic acids is 1. The van der Waals surface area contributed by atoms with Crippen molar-refractivity contribution in [1.82, 2.24) is 10.2 Å². The highest BCUT2D eigenvalue weighted by molar-refractivity contribution is 5.79. The summed E-state index contributed by atoms with van der Waals surface area (Å²) in [7, 11) is 2.04. The Kier molecular flexibility index (Phi) is 5.88. The normalized spacial score (nSPS) is 34.1. The quantitative estimate of drug-likeness (QED) is 0.839. The molecule has 1 N–H and O–H groups in total. The molecule has 2 rings (SSSR count). The molecule has 1 amide bonds. The van der Waals surface area contributed by atoms with E-state index in [0.29, 0.717) is 29.8 Å². The maximum Gasteiger partial charge on any atom is 0.225 e. The average Bonchev–Trinajstić information content (AvgIpc) is 2.90. The number of hydrogen-bond donors (Lipinski definition) is 1. The topological polar surface area (TPSA) is 32.3 Å². The van der Waals surface area contributed by atoms with E-state index in [1.807, 2.05) is 7.05 Å². The second kappa shape index (κ2) is 7.44. The van der Waals surface area contributed by atoms with Gasteiger partial charge in [0.25, 0.3) is 0 Å². The summed E-state index contributed by atoms with van der Waals surface area (Å²) in [6, 6.07) is 1.16. The van der Waals surface area contributed by atoms with Crippen LogP contribution in [-0.2, 0) is 4.79 Å². The van der Waals surface area contributed by atoms with E-state index in [1.165, 1.54) is 44.9 Å². The van der Waals surface area contributed by atoms with Crippen molar-refractivity contribution in [2.24, 2.45) is 11.8 Å². The minimum absolute atomic E-state index is 0.302. The molecule has 0 aromatic heterocycles. The lowest BCUT2D eigenvalue weighted by atomic mass is 9.88. The molecule has 0 saturated heterocycles. The van der Waals surface area contributed by atoms with E-state index >= 15 is 0 Å². The number of rotatable bonds is 5. The third-order valence-corrected chi connectivity index (χ3v) is 5.45. The van der Waals surface area contributed by atoms with E-state index in [1.54, 1.807) is 0 Å². The summed E-state index contributed by atoms with van der Waals surface area (Å²) in [4.78, 5) is 14.7. The maximum atomic E-state index is 12.6. The molecule has 2 saturated carbocycles. The Morgan fingerprint density at radius 1 is 1.15 bits per heavy atom. The molecule has 3 heteroatoms. The first kappa shape index (κ1) is 15.8. The summed E-state index contributed by atoms with van der Waals surface area (Å²) in [6.45, 7) is 5.59. The molecular formula is C17H32N2O. The molecule has 0 bridgehead atoms. The molecule has 0 heterocycles. The predicted octanol–water partition coefficient (Wildman–Crippen LogP) is 3.19. The molecule has 2 atom stereocenters. The summed E-state index contributed by atoms with van der Waals surface area (Å²) >= 11 is 0. The second-order valence-corrected chi connectivity index (χ2v) is 6.92. The minimum atomic E-state index is 0.302. The van der Waals surface area contributed by atoms with Gasteiger partial charge in [-0.1, -0.05) is 20.3 Å². The number of amides is 1. The van der Waals surface area contributed by atoms with Gasteiger partial charge in [0.05, 0.1) is 0 Å². The zero-order valence-corrected chi connectivity index (χ0v) is 13.5. The first-order valence-corrected chi connectivity index (χ1v) is 8.63. The molecule has 2 aliphatic carbocycles. The second-order valence-electron chi connectivity index (χ2n) is 6.92. The molecule has 0 spiro atoms. The Morgan fingerprint density at radius 2 is 1.85 bits per heavy atom. The van der Waals surface area contributed by atoms with E-state index in [9.17, 15) is 4.79 Å². The van der Waals surface area contributed by atoms with Gasteiger partial charge < -0.3 is 10.2 Å². The maximum absolute atomic E-state index is 12.6. The molecule has 0 aromatic rings. The van der Waals surface area contributed by atoms with Crippen LogP contribution in [0.3, 0.4) is 0 Å². The van der Waals surface area contributed by atoms with E-state index < -0.39 is 0 Å². The lowest BCUT2D eigenvalue weighted by Gasteiger charge is -2.36. The van der Waals surface area contributed by atoms with Crippen LogP contribution in [0.2, 0.25) is 0 Å². The van der Waals surface area contributed by atoms with Crippen LogP contribution < -0.4 is 5.32 Å². The summed E-state index contributed by atoms with van der Waals surface area (Å²) in [6.07, 6.45) is 9.58. The molecule has 116 valence electrons. The van der Waals surface area contributed by atoms with E-state index in [0.717, 1.165) is 13.0 Å². The van der Waals surface area contributed by atoms with Crippen LogP contribution in [0.4, 0.5) is 0 Å². The molecule has 20 heavy (non-hydrogen) atoms. The average molecular weight is 280 g/mol. The monoisotopic (exact) mass is 280 g/mol. The summed E-state index contributed by atoms with van der Waals surface area (Å²) in [5.74, 6) is 1.31. The van der Waals surface area contributed by atoms with Gasteiger partial charge in [-0.05, 0) is 57.4 Å². The van der Waals surface area contributed by atoms with Crippen LogP contribution in [-0.4, -0.2) is 36.5 Å². The van der Waals surface area contributed by atoms with Gasteiger partial charge in [0, 0.05) is 25.0 Å². The van der Waals surface area contributed by atoms with E-state index in [-0.39, 0.29) is 0 Å². The molecular weight excluding hydrogens is 248 g/mol. The van der Waals surface area contributed by atoms with Crippen molar-refractivity contribution in [3.63, 3.8) is 0 Å². The number of carbonyl (C=O) groups is 1. The Bertz CT molecular complexity index is 310. The zero-order valence-electron chi connectivity index (χ0n) is 13.5. The largest absolute Gasteiger partial charge is 0.343 e. The van der Waals surface area contributed by atoms with Gasteiger partial charge in [-0.2, -0.15) is 0 Å². The summed E-state index contributed by atoms with van der Waals surface area (Å²) < 4.78 is 0. The molecule has 2 fully saturated rings. The predicted molar refractivity (Wildman–Crippen MR) is 83.6 cm³/mol. The summed E-state index contributed by atoms with van der Waals surface area (Å²) in [5, 5.41) is 3.62.